The summed E-state index contributed by atoms with van der Waals surface area (Å²) in [6.45, 7) is 4.03. The van der Waals surface area contributed by atoms with Gasteiger partial charge >= 0.3 is 0 Å². The third-order valence-electron chi connectivity index (χ3n) is 2.84. The minimum Gasteiger partial charge on any atom is -0.322 e. The Kier molecular flexibility index (Phi) is 3.28. The van der Waals surface area contributed by atoms with E-state index in [1.54, 1.807) is 12.1 Å². The first-order valence-electron chi connectivity index (χ1n) is 5.65. The third kappa shape index (κ3) is 2.66. The Bertz CT molecular complexity index is 577. The Morgan fingerprint density at radius 1 is 1.11 bits per heavy atom. The highest BCUT2D eigenvalue weighted by Crippen LogP contribution is 2.14. The predicted octanol–water partition coefficient (Wildman–Crippen LogP) is 2.08. The molecule has 1 heterocycles. The number of anilines is 1. The molecule has 0 unspecified atom stereocenters. The minimum atomic E-state index is -0.196. The standard InChI is InChI=1S/C14H14N2O2/c1-10-3-4-13(9-11(10)2)15-14(17)12-5-7-16(18)8-6-12/h3-9H,1-2H3,(H-,15,17,18)/p+1. The van der Waals surface area contributed by atoms with Crippen LogP contribution in [0.1, 0.15) is 21.5 Å². The summed E-state index contributed by atoms with van der Waals surface area (Å²) in [5.41, 5.74) is 3.59. The maximum atomic E-state index is 11.9. The van der Waals surface area contributed by atoms with E-state index >= 15 is 0 Å². The fourth-order valence-electron chi connectivity index (χ4n) is 1.59. The number of benzene rings is 1. The Morgan fingerprint density at radius 2 is 1.78 bits per heavy atom. The Hall–Kier alpha value is -2.36. The van der Waals surface area contributed by atoms with Crippen molar-refractivity contribution < 1.29 is 14.7 Å². The van der Waals surface area contributed by atoms with Gasteiger partial charge in [0.05, 0.1) is 5.56 Å². The molecule has 4 heteroatoms. The number of aryl methyl sites for hydroxylation is 2. The molecular formula is C14H15N2O2+. The molecule has 18 heavy (non-hydrogen) atoms. The van der Waals surface area contributed by atoms with Crippen LogP contribution < -0.4 is 10.0 Å². The average Bonchev–Trinajstić information content (AvgIpc) is 2.34. The second-order valence-electron chi connectivity index (χ2n) is 4.22. The summed E-state index contributed by atoms with van der Waals surface area (Å²) < 4.78 is 0.896. The monoisotopic (exact) mass is 243 g/mol. The van der Waals surface area contributed by atoms with Gasteiger partial charge in [0, 0.05) is 22.6 Å². The van der Waals surface area contributed by atoms with Gasteiger partial charge < -0.3 is 5.32 Å². The maximum absolute atomic E-state index is 11.9. The van der Waals surface area contributed by atoms with Crippen LogP contribution >= 0.6 is 0 Å². The second-order valence-corrected chi connectivity index (χ2v) is 4.22. The molecule has 2 aromatic rings. The molecule has 1 aromatic heterocycles. The molecular weight excluding hydrogens is 228 g/mol. The van der Waals surface area contributed by atoms with Crippen LogP contribution in [0.25, 0.3) is 0 Å². The van der Waals surface area contributed by atoms with Gasteiger partial charge in [-0.25, -0.2) is 0 Å². The summed E-state index contributed by atoms with van der Waals surface area (Å²) >= 11 is 0. The molecule has 1 aromatic carbocycles. The summed E-state index contributed by atoms with van der Waals surface area (Å²) in [7, 11) is 0. The van der Waals surface area contributed by atoms with E-state index in [0.717, 1.165) is 16.0 Å². The first kappa shape index (κ1) is 12.1. The van der Waals surface area contributed by atoms with E-state index in [4.69, 9.17) is 5.21 Å². The van der Waals surface area contributed by atoms with Crippen molar-refractivity contribution in [3.63, 3.8) is 0 Å². The van der Waals surface area contributed by atoms with Crippen molar-refractivity contribution in [3.05, 3.63) is 59.4 Å². The zero-order valence-electron chi connectivity index (χ0n) is 10.3. The van der Waals surface area contributed by atoms with E-state index < -0.39 is 0 Å². The molecule has 0 aliphatic heterocycles. The number of nitrogens with zero attached hydrogens (tertiary/aromatic N) is 1. The maximum Gasteiger partial charge on any atom is 0.256 e. The van der Waals surface area contributed by atoms with Crippen molar-refractivity contribution in [2.24, 2.45) is 0 Å². The second kappa shape index (κ2) is 4.87. The number of hydrogen-bond acceptors (Lipinski definition) is 2. The fraction of sp³-hybridized carbons (Fsp3) is 0.143. The number of hydrogen-bond donors (Lipinski definition) is 2. The summed E-state index contributed by atoms with van der Waals surface area (Å²) in [4.78, 5) is 11.9. The molecule has 92 valence electrons. The van der Waals surface area contributed by atoms with Crippen LogP contribution in [0.4, 0.5) is 5.69 Å². The lowest BCUT2D eigenvalue weighted by Gasteiger charge is -2.07. The van der Waals surface area contributed by atoms with E-state index in [1.165, 1.54) is 18.0 Å². The quantitative estimate of drug-likeness (QED) is 0.626. The van der Waals surface area contributed by atoms with Crippen molar-refractivity contribution in [1.82, 2.24) is 0 Å². The molecule has 1 amide bonds. The van der Waals surface area contributed by atoms with E-state index in [-0.39, 0.29) is 5.91 Å². The van der Waals surface area contributed by atoms with Crippen LogP contribution in [0.3, 0.4) is 0 Å². The molecule has 0 aliphatic carbocycles. The zero-order valence-corrected chi connectivity index (χ0v) is 10.3. The topological polar surface area (TPSA) is 53.2 Å². The Labute approximate surface area is 105 Å². The summed E-state index contributed by atoms with van der Waals surface area (Å²) in [6.07, 6.45) is 2.82. The van der Waals surface area contributed by atoms with Gasteiger partial charge in [0.15, 0.2) is 0 Å². The molecule has 0 spiro atoms. The molecule has 0 atom stereocenters. The van der Waals surface area contributed by atoms with Gasteiger partial charge in [0.1, 0.15) is 0 Å². The van der Waals surface area contributed by atoms with E-state index in [9.17, 15) is 4.79 Å². The molecule has 0 fully saturated rings. The highest BCUT2D eigenvalue weighted by Gasteiger charge is 2.08. The molecule has 0 radical (unpaired) electrons. The summed E-state index contributed by atoms with van der Waals surface area (Å²) in [5, 5.41) is 11.9. The van der Waals surface area contributed by atoms with Gasteiger partial charge in [0.25, 0.3) is 5.91 Å². The lowest BCUT2D eigenvalue weighted by molar-refractivity contribution is -0.904. The Morgan fingerprint density at radius 3 is 2.39 bits per heavy atom. The van der Waals surface area contributed by atoms with Crippen molar-refractivity contribution in [2.75, 3.05) is 5.32 Å². The van der Waals surface area contributed by atoms with E-state index in [2.05, 4.69) is 5.32 Å². The van der Waals surface area contributed by atoms with E-state index in [0.29, 0.717) is 5.56 Å². The van der Waals surface area contributed by atoms with Gasteiger partial charge in [-0.3, -0.25) is 10.0 Å². The lowest BCUT2D eigenvalue weighted by atomic mass is 10.1. The Balaban J connectivity index is 2.16. The third-order valence-corrected chi connectivity index (χ3v) is 2.84. The number of aromatic nitrogens is 1. The lowest BCUT2D eigenvalue weighted by Crippen LogP contribution is -2.28. The average molecular weight is 243 g/mol. The predicted molar refractivity (Wildman–Crippen MR) is 67.7 cm³/mol. The number of rotatable bonds is 2. The van der Waals surface area contributed by atoms with Crippen LogP contribution in [-0.2, 0) is 0 Å². The minimum absolute atomic E-state index is 0.196. The van der Waals surface area contributed by atoms with Gasteiger partial charge in [-0.05, 0) is 37.1 Å². The highest BCUT2D eigenvalue weighted by atomic mass is 16.5. The number of carbonyl (C=O) groups excluding carboxylic acids is 1. The van der Waals surface area contributed by atoms with E-state index in [1.807, 2.05) is 32.0 Å². The highest BCUT2D eigenvalue weighted by molar-refractivity contribution is 6.04. The largest absolute Gasteiger partial charge is 0.322 e. The van der Waals surface area contributed by atoms with Gasteiger partial charge in [-0.1, -0.05) is 6.07 Å². The van der Waals surface area contributed by atoms with Crippen LogP contribution in [0, 0.1) is 13.8 Å². The number of carbonyl (C=O) groups is 1. The SMILES string of the molecule is Cc1ccc(NC(=O)c2cc[n+](O)cc2)cc1C. The normalized spacial score (nSPS) is 10.1. The van der Waals surface area contributed by atoms with Crippen LogP contribution in [-0.4, -0.2) is 11.1 Å². The first-order valence-corrected chi connectivity index (χ1v) is 5.65. The van der Waals surface area contributed by atoms with Gasteiger partial charge in [-0.15, -0.1) is 0 Å². The van der Waals surface area contributed by atoms with Crippen molar-refractivity contribution in [2.45, 2.75) is 13.8 Å². The number of amides is 1. The van der Waals surface area contributed by atoms with Gasteiger partial charge in [-0.2, -0.15) is 0 Å². The van der Waals surface area contributed by atoms with Crippen LogP contribution in [0.2, 0.25) is 0 Å². The molecule has 4 nitrogen and oxygen atoms in total. The molecule has 0 bridgehead atoms. The molecule has 2 rings (SSSR count). The molecule has 0 aliphatic rings. The van der Waals surface area contributed by atoms with Crippen molar-refractivity contribution >= 4 is 11.6 Å². The first-order chi connectivity index (χ1) is 8.56. The number of nitrogens with one attached hydrogen (secondary N) is 1. The zero-order chi connectivity index (χ0) is 13.1. The van der Waals surface area contributed by atoms with Crippen molar-refractivity contribution in [1.29, 1.82) is 0 Å². The smallest absolute Gasteiger partial charge is 0.256 e. The van der Waals surface area contributed by atoms with Crippen LogP contribution in [0.5, 0.6) is 0 Å². The fourth-order valence-corrected chi connectivity index (χ4v) is 1.59. The molecule has 2 N–H and O–H groups in total. The van der Waals surface area contributed by atoms with Gasteiger partial charge in [0.2, 0.25) is 12.4 Å². The number of pyridine rings is 1. The molecule has 0 saturated heterocycles. The summed E-state index contributed by atoms with van der Waals surface area (Å²) in [6, 6.07) is 8.88. The molecule has 0 saturated carbocycles. The van der Waals surface area contributed by atoms with Crippen molar-refractivity contribution in [3.8, 4) is 0 Å². The van der Waals surface area contributed by atoms with Crippen LogP contribution in [0.15, 0.2) is 42.7 Å². The summed E-state index contributed by atoms with van der Waals surface area (Å²) in [5.74, 6) is -0.196.